The smallest absolute Gasteiger partial charge is 0.258 e. The van der Waals surface area contributed by atoms with Gasteiger partial charge in [0.15, 0.2) is 5.82 Å². The Bertz CT molecular complexity index is 666. The molecule has 2 rings (SSSR count). The van der Waals surface area contributed by atoms with E-state index in [4.69, 9.17) is 0 Å². The van der Waals surface area contributed by atoms with Crippen molar-refractivity contribution in [1.29, 1.82) is 0 Å². The Labute approximate surface area is 113 Å². The van der Waals surface area contributed by atoms with E-state index in [1.54, 1.807) is 12.1 Å². The third-order valence-electron chi connectivity index (χ3n) is 2.61. The van der Waals surface area contributed by atoms with E-state index < -0.39 is 29.2 Å². The van der Waals surface area contributed by atoms with Crippen LogP contribution in [0.1, 0.15) is 21.5 Å². The number of aryl methyl sites for hydroxylation is 2. The second-order valence-electron chi connectivity index (χ2n) is 4.43. The Morgan fingerprint density at radius 3 is 2.25 bits per heavy atom. The lowest BCUT2D eigenvalue weighted by Crippen LogP contribution is -2.16. The van der Waals surface area contributed by atoms with Crippen molar-refractivity contribution in [3.05, 3.63) is 58.7 Å². The number of halogens is 3. The third-order valence-corrected chi connectivity index (χ3v) is 2.61. The van der Waals surface area contributed by atoms with E-state index in [0.29, 0.717) is 11.8 Å². The van der Waals surface area contributed by atoms with Crippen LogP contribution >= 0.6 is 0 Å². The quantitative estimate of drug-likeness (QED) is 0.857. The van der Waals surface area contributed by atoms with Crippen molar-refractivity contribution >= 4 is 11.6 Å². The van der Waals surface area contributed by atoms with Crippen molar-refractivity contribution in [3.63, 3.8) is 0 Å². The number of carbonyl (C=O) groups is 1. The first-order chi connectivity index (χ1) is 9.36. The van der Waals surface area contributed by atoms with Crippen LogP contribution in [0, 0.1) is 31.6 Å². The van der Waals surface area contributed by atoms with E-state index in [1.807, 2.05) is 19.9 Å². The van der Waals surface area contributed by atoms with Gasteiger partial charge in [-0.3, -0.25) is 4.79 Å². The predicted octanol–water partition coefficient (Wildman–Crippen LogP) is 3.37. The number of benzene rings is 1. The number of pyridine rings is 1. The van der Waals surface area contributed by atoms with Crippen molar-refractivity contribution < 1.29 is 18.0 Å². The molecule has 2 aromatic rings. The largest absolute Gasteiger partial charge is 0.322 e. The molecule has 1 amide bonds. The number of hydrogen-bond acceptors (Lipinski definition) is 2. The maximum atomic E-state index is 13.4. The number of rotatable bonds is 2. The van der Waals surface area contributed by atoms with Crippen molar-refractivity contribution in [2.75, 3.05) is 5.32 Å². The molecule has 1 aromatic carbocycles. The fourth-order valence-corrected chi connectivity index (χ4v) is 1.88. The average Bonchev–Trinajstić information content (AvgIpc) is 2.32. The van der Waals surface area contributed by atoms with Gasteiger partial charge >= 0.3 is 0 Å². The topological polar surface area (TPSA) is 42.0 Å². The number of carbonyl (C=O) groups excluding carboxylic acids is 1. The molecule has 0 aliphatic heterocycles. The van der Waals surface area contributed by atoms with Gasteiger partial charge in [-0.05, 0) is 37.1 Å². The predicted molar refractivity (Wildman–Crippen MR) is 68.0 cm³/mol. The van der Waals surface area contributed by atoms with Crippen LogP contribution in [0.3, 0.4) is 0 Å². The molecule has 0 fully saturated rings. The van der Waals surface area contributed by atoms with Crippen molar-refractivity contribution in [2.24, 2.45) is 0 Å². The summed E-state index contributed by atoms with van der Waals surface area (Å²) in [5, 5.41) is 2.40. The van der Waals surface area contributed by atoms with E-state index >= 15 is 0 Å². The molecule has 0 unspecified atom stereocenters. The van der Waals surface area contributed by atoms with Gasteiger partial charge in [0.25, 0.3) is 11.9 Å². The molecular formula is C14H11F3N2O. The highest BCUT2D eigenvalue weighted by Gasteiger charge is 2.19. The first-order valence-corrected chi connectivity index (χ1v) is 5.78. The number of anilines is 1. The lowest BCUT2D eigenvalue weighted by molar-refractivity contribution is 0.102. The van der Waals surface area contributed by atoms with Crippen LogP contribution in [0.2, 0.25) is 0 Å². The van der Waals surface area contributed by atoms with Crippen molar-refractivity contribution in [3.8, 4) is 0 Å². The molecule has 1 N–H and O–H groups in total. The standard InChI is InChI=1S/C14H11F3N2O/c1-7-3-8(2)5-9(4-7)18-14(20)10-6-11(15)19-13(17)12(10)16/h3-6H,1-2H3,(H,18,20). The molecule has 1 heterocycles. The molecule has 0 radical (unpaired) electrons. The van der Waals surface area contributed by atoms with Crippen LogP contribution in [-0.4, -0.2) is 10.9 Å². The van der Waals surface area contributed by atoms with Gasteiger partial charge in [-0.2, -0.15) is 13.8 Å². The number of hydrogen-bond donors (Lipinski definition) is 1. The first-order valence-electron chi connectivity index (χ1n) is 5.78. The highest BCUT2D eigenvalue weighted by Crippen LogP contribution is 2.17. The summed E-state index contributed by atoms with van der Waals surface area (Å²) in [7, 11) is 0. The summed E-state index contributed by atoms with van der Waals surface area (Å²) in [6.07, 6.45) is 0. The summed E-state index contributed by atoms with van der Waals surface area (Å²) in [6, 6.07) is 5.77. The molecule has 0 spiro atoms. The zero-order chi connectivity index (χ0) is 14.9. The molecule has 3 nitrogen and oxygen atoms in total. The minimum atomic E-state index is -1.64. The highest BCUT2D eigenvalue weighted by molar-refractivity contribution is 6.04. The van der Waals surface area contributed by atoms with Crippen LogP contribution in [0.4, 0.5) is 18.9 Å². The van der Waals surface area contributed by atoms with Gasteiger partial charge in [0.2, 0.25) is 5.95 Å². The molecule has 0 atom stereocenters. The number of amides is 1. The Morgan fingerprint density at radius 2 is 1.65 bits per heavy atom. The third kappa shape index (κ3) is 2.96. The summed E-state index contributed by atoms with van der Waals surface area (Å²) >= 11 is 0. The van der Waals surface area contributed by atoms with Crippen LogP contribution < -0.4 is 5.32 Å². The van der Waals surface area contributed by atoms with Crippen LogP contribution in [0.15, 0.2) is 24.3 Å². The molecule has 104 valence electrons. The molecule has 0 saturated heterocycles. The fourth-order valence-electron chi connectivity index (χ4n) is 1.88. The van der Waals surface area contributed by atoms with E-state index in [9.17, 15) is 18.0 Å². The van der Waals surface area contributed by atoms with Gasteiger partial charge in [0, 0.05) is 11.8 Å². The SMILES string of the molecule is Cc1cc(C)cc(NC(=O)c2cc(F)nc(F)c2F)c1. The monoisotopic (exact) mass is 280 g/mol. The lowest BCUT2D eigenvalue weighted by atomic mass is 10.1. The summed E-state index contributed by atoms with van der Waals surface area (Å²) in [6.45, 7) is 3.66. The zero-order valence-electron chi connectivity index (χ0n) is 10.8. The fraction of sp³-hybridized carbons (Fsp3) is 0.143. The van der Waals surface area contributed by atoms with E-state index in [0.717, 1.165) is 11.1 Å². The summed E-state index contributed by atoms with van der Waals surface area (Å²) in [5.74, 6) is -5.31. The summed E-state index contributed by atoms with van der Waals surface area (Å²) in [4.78, 5) is 14.5. The Hall–Kier alpha value is -2.37. The van der Waals surface area contributed by atoms with Crippen molar-refractivity contribution in [2.45, 2.75) is 13.8 Å². The highest BCUT2D eigenvalue weighted by atomic mass is 19.2. The average molecular weight is 280 g/mol. The van der Waals surface area contributed by atoms with Crippen LogP contribution in [-0.2, 0) is 0 Å². The molecular weight excluding hydrogens is 269 g/mol. The number of aromatic nitrogens is 1. The summed E-state index contributed by atoms with van der Waals surface area (Å²) in [5.41, 5.74) is 1.49. The minimum absolute atomic E-state index is 0.421. The van der Waals surface area contributed by atoms with Gasteiger partial charge in [-0.25, -0.2) is 4.39 Å². The zero-order valence-corrected chi connectivity index (χ0v) is 10.8. The molecule has 20 heavy (non-hydrogen) atoms. The minimum Gasteiger partial charge on any atom is -0.322 e. The maximum absolute atomic E-state index is 13.4. The molecule has 0 aliphatic carbocycles. The molecule has 0 aliphatic rings. The second kappa shape index (κ2) is 5.32. The first kappa shape index (κ1) is 14.0. The molecule has 0 bridgehead atoms. The van der Waals surface area contributed by atoms with Gasteiger partial charge < -0.3 is 5.32 Å². The Morgan fingerprint density at radius 1 is 1.05 bits per heavy atom. The maximum Gasteiger partial charge on any atom is 0.258 e. The lowest BCUT2D eigenvalue weighted by Gasteiger charge is -2.08. The van der Waals surface area contributed by atoms with Gasteiger partial charge in [0.1, 0.15) is 0 Å². The van der Waals surface area contributed by atoms with Gasteiger partial charge in [0.05, 0.1) is 5.56 Å². The molecule has 1 aromatic heterocycles. The summed E-state index contributed by atoms with van der Waals surface area (Å²) < 4.78 is 39.3. The van der Waals surface area contributed by atoms with Gasteiger partial charge in [-0.15, -0.1) is 0 Å². The normalized spacial score (nSPS) is 10.4. The van der Waals surface area contributed by atoms with Crippen LogP contribution in [0.5, 0.6) is 0 Å². The van der Waals surface area contributed by atoms with Gasteiger partial charge in [-0.1, -0.05) is 6.07 Å². The van der Waals surface area contributed by atoms with E-state index in [1.165, 1.54) is 0 Å². The Balaban J connectivity index is 2.33. The van der Waals surface area contributed by atoms with E-state index in [-0.39, 0.29) is 0 Å². The number of nitrogens with zero attached hydrogens (tertiary/aromatic N) is 1. The number of nitrogens with one attached hydrogen (secondary N) is 1. The second-order valence-corrected chi connectivity index (χ2v) is 4.43. The Kier molecular flexibility index (Phi) is 3.74. The van der Waals surface area contributed by atoms with Crippen molar-refractivity contribution in [1.82, 2.24) is 4.98 Å². The van der Waals surface area contributed by atoms with Crippen LogP contribution in [0.25, 0.3) is 0 Å². The molecule has 0 saturated carbocycles. The molecule has 6 heteroatoms. The van der Waals surface area contributed by atoms with E-state index in [2.05, 4.69) is 10.3 Å².